The van der Waals surface area contributed by atoms with Gasteiger partial charge in [0.25, 0.3) is 0 Å². The van der Waals surface area contributed by atoms with Crippen molar-refractivity contribution >= 4 is 49.1 Å². The van der Waals surface area contributed by atoms with Crippen molar-refractivity contribution in [1.29, 1.82) is 0 Å². The number of fused-ring (bicyclic) bond motifs is 1. The second-order valence-corrected chi connectivity index (χ2v) is 5.95. The average Bonchev–Trinajstić information content (AvgIpc) is 2.79. The van der Waals surface area contributed by atoms with E-state index in [9.17, 15) is 0 Å². The van der Waals surface area contributed by atoms with E-state index in [0.29, 0.717) is 5.15 Å². The van der Waals surface area contributed by atoms with Crippen LogP contribution in [0.25, 0.3) is 10.9 Å². The SMILES string of the molecule is Cc1ccc2cccnc2c1N=c1ssnc1Cl. The maximum absolute atomic E-state index is 5.99. The van der Waals surface area contributed by atoms with E-state index in [-0.39, 0.29) is 0 Å². The summed E-state index contributed by atoms with van der Waals surface area (Å²) >= 11 is 5.99. The summed E-state index contributed by atoms with van der Waals surface area (Å²) in [5.74, 6) is 0. The highest BCUT2D eigenvalue weighted by atomic mass is 35.5. The molecule has 0 unspecified atom stereocenters. The molecule has 0 aliphatic carbocycles. The number of pyridine rings is 1. The Labute approximate surface area is 116 Å². The molecular formula is C12H8ClN3S2. The van der Waals surface area contributed by atoms with E-state index in [0.717, 1.165) is 26.8 Å². The van der Waals surface area contributed by atoms with Crippen LogP contribution < -0.4 is 4.67 Å². The Kier molecular flexibility index (Phi) is 3.11. The standard InChI is InChI=1S/C12H8ClN3S2/c1-7-4-5-8-3-2-6-14-10(8)9(7)15-12-11(13)16-18-17-12/h2-6H,1H3. The summed E-state index contributed by atoms with van der Waals surface area (Å²) in [4.78, 5) is 9.00. The summed E-state index contributed by atoms with van der Waals surface area (Å²) in [7, 11) is 2.81. The van der Waals surface area contributed by atoms with E-state index in [1.807, 2.05) is 31.2 Å². The van der Waals surface area contributed by atoms with Gasteiger partial charge in [-0.15, -0.1) is 0 Å². The first-order valence-electron chi connectivity index (χ1n) is 5.26. The Balaban J connectivity index is 2.36. The molecule has 0 spiro atoms. The third-order valence-electron chi connectivity index (χ3n) is 2.57. The molecule has 0 bridgehead atoms. The Morgan fingerprint density at radius 3 is 2.94 bits per heavy atom. The van der Waals surface area contributed by atoms with Gasteiger partial charge in [-0.1, -0.05) is 29.8 Å². The molecular weight excluding hydrogens is 286 g/mol. The third kappa shape index (κ3) is 2.05. The second-order valence-electron chi connectivity index (χ2n) is 3.76. The van der Waals surface area contributed by atoms with Gasteiger partial charge in [0, 0.05) is 22.1 Å². The van der Waals surface area contributed by atoms with Gasteiger partial charge in [-0.2, -0.15) is 4.37 Å². The lowest BCUT2D eigenvalue weighted by Gasteiger charge is -2.03. The highest BCUT2D eigenvalue weighted by Gasteiger charge is 2.06. The smallest absolute Gasteiger partial charge is 0.179 e. The molecule has 0 atom stereocenters. The highest BCUT2D eigenvalue weighted by Crippen LogP contribution is 2.27. The zero-order chi connectivity index (χ0) is 12.5. The van der Waals surface area contributed by atoms with Crippen LogP contribution in [-0.2, 0) is 0 Å². The van der Waals surface area contributed by atoms with E-state index >= 15 is 0 Å². The number of nitrogens with zero attached hydrogens (tertiary/aromatic N) is 3. The number of hydrogen-bond acceptors (Lipinski definition) is 5. The second kappa shape index (κ2) is 4.76. The fraction of sp³-hybridized carbons (Fsp3) is 0.0833. The maximum atomic E-state index is 5.99. The first-order valence-corrected chi connectivity index (χ1v) is 7.75. The van der Waals surface area contributed by atoms with Crippen LogP contribution in [0.1, 0.15) is 5.56 Å². The van der Waals surface area contributed by atoms with Gasteiger partial charge < -0.3 is 0 Å². The predicted octanol–water partition coefficient (Wildman–Crippen LogP) is 3.95. The van der Waals surface area contributed by atoms with Crippen molar-refractivity contribution < 1.29 is 0 Å². The summed E-state index contributed by atoms with van der Waals surface area (Å²) < 4.78 is 4.77. The summed E-state index contributed by atoms with van der Waals surface area (Å²) in [6.45, 7) is 2.02. The van der Waals surface area contributed by atoms with E-state index in [4.69, 9.17) is 11.6 Å². The van der Waals surface area contributed by atoms with Crippen molar-refractivity contribution in [2.45, 2.75) is 6.92 Å². The third-order valence-corrected chi connectivity index (χ3v) is 4.74. The minimum Gasteiger partial charge on any atom is -0.254 e. The minimum absolute atomic E-state index is 0.456. The molecule has 90 valence electrons. The fourth-order valence-corrected chi connectivity index (χ4v) is 3.68. The van der Waals surface area contributed by atoms with E-state index in [2.05, 4.69) is 14.3 Å². The number of aromatic nitrogens is 2. The summed E-state index contributed by atoms with van der Waals surface area (Å²) in [5, 5.41) is 1.53. The molecule has 0 N–H and O–H groups in total. The molecule has 3 rings (SSSR count). The number of hydrogen-bond donors (Lipinski definition) is 0. The zero-order valence-electron chi connectivity index (χ0n) is 9.42. The first kappa shape index (κ1) is 11.8. The monoisotopic (exact) mass is 293 g/mol. The van der Waals surface area contributed by atoms with Crippen LogP contribution in [0.15, 0.2) is 35.5 Å². The molecule has 0 aliphatic heterocycles. The van der Waals surface area contributed by atoms with Gasteiger partial charge in [-0.05, 0) is 28.9 Å². The fourth-order valence-electron chi connectivity index (χ4n) is 1.70. The quantitative estimate of drug-likeness (QED) is 0.637. The Bertz CT molecular complexity index is 776. The number of halogens is 1. The van der Waals surface area contributed by atoms with Crippen molar-refractivity contribution in [3.05, 3.63) is 45.8 Å². The Morgan fingerprint density at radius 2 is 2.17 bits per heavy atom. The van der Waals surface area contributed by atoms with Gasteiger partial charge in [0.15, 0.2) is 9.82 Å². The lowest BCUT2D eigenvalue weighted by molar-refractivity contribution is 1.31. The molecule has 2 aromatic heterocycles. The normalized spacial score (nSPS) is 12.2. The molecule has 3 aromatic rings. The Hall–Kier alpha value is -1.30. The maximum Gasteiger partial charge on any atom is 0.179 e. The van der Waals surface area contributed by atoms with E-state index < -0.39 is 0 Å². The van der Waals surface area contributed by atoms with Gasteiger partial charge in [-0.25, -0.2) is 4.99 Å². The van der Waals surface area contributed by atoms with Crippen LogP contribution in [0.3, 0.4) is 0 Å². The molecule has 0 amide bonds. The van der Waals surface area contributed by atoms with Gasteiger partial charge in [-0.3, -0.25) is 4.98 Å². The lowest BCUT2D eigenvalue weighted by atomic mass is 10.1. The van der Waals surface area contributed by atoms with Gasteiger partial charge >= 0.3 is 0 Å². The molecule has 2 heterocycles. The molecule has 6 heteroatoms. The van der Waals surface area contributed by atoms with Gasteiger partial charge in [0.2, 0.25) is 0 Å². The van der Waals surface area contributed by atoms with Crippen molar-refractivity contribution in [2.24, 2.45) is 4.99 Å². The topological polar surface area (TPSA) is 38.1 Å². The summed E-state index contributed by atoms with van der Waals surface area (Å²) in [6, 6.07) is 8.04. The van der Waals surface area contributed by atoms with Gasteiger partial charge in [0.05, 0.1) is 11.2 Å². The van der Waals surface area contributed by atoms with Crippen molar-refractivity contribution in [3.8, 4) is 0 Å². The molecule has 18 heavy (non-hydrogen) atoms. The van der Waals surface area contributed by atoms with Crippen molar-refractivity contribution in [2.75, 3.05) is 0 Å². The molecule has 0 fully saturated rings. The average molecular weight is 294 g/mol. The number of aryl methyl sites for hydroxylation is 1. The van der Waals surface area contributed by atoms with Crippen LogP contribution in [0.5, 0.6) is 0 Å². The number of benzene rings is 1. The minimum atomic E-state index is 0.456. The Morgan fingerprint density at radius 1 is 1.28 bits per heavy atom. The van der Waals surface area contributed by atoms with Crippen LogP contribution in [-0.4, -0.2) is 9.36 Å². The van der Waals surface area contributed by atoms with Crippen molar-refractivity contribution in [1.82, 2.24) is 9.36 Å². The largest absolute Gasteiger partial charge is 0.254 e. The molecule has 3 nitrogen and oxygen atoms in total. The van der Waals surface area contributed by atoms with E-state index in [1.165, 1.54) is 20.9 Å². The van der Waals surface area contributed by atoms with Crippen LogP contribution in [0, 0.1) is 6.92 Å². The van der Waals surface area contributed by atoms with Crippen LogP contribution >= 0.6 is 32.5 Å². The predicted molar refractivity (Wildman–Crippen MR) is 76.7 cm³/mol. The molecule has 0 radical (unpaired) electrons. The molecule has 0 aliphatic rings. The van der Waals surface area contributed by atoms with E-state index in [1.54, 1.807) is 6.20 Å². The molecule has 0 saturated heterocycles. The van der Waals surface area contributed by atoms with Crippen LogP contribution in [0.2, 0.25) is 5.15 Å². The van der Waals surface area contributed by atoms with Crippen LogP contribution in [0.4, 0.5) is 5.69 Å². The van der Waals surface area contributed by atoms with Crippen molar-refractivity contribution in [3.63, 3.8) is 0 Å². The summed E-state index contributed by atoms with van der Waals surface area (Å²) in [5.41, 5.74) is 2.84. The lowest BCUT2D eigenvalue weighted by Crippen LogP contribution is -1.94. The molecule has 1 aromatic carbocycles. The number of rotatable bonds is 1. The molecule has 0 saturated carbocycles. The summed E-state index contributed by atoms with van der Waals surface area (Å²) in [6.07, 6.45) is 1.78. The highest BCUT2D eigenvalue weighted by molar-refractivity contribution is 7.66. The zero-order valence-corrected chi connectivity index (χ0v) is 11.8. The first-order chi connectivity index (χ1) is 8.75. The van der Waals surface area contributed by atoms with Gasteiger partial charge in [0.1, 0.15) is 0 Å².